The van der Waals surface area contributed by atoms with Crippen molar-refractivity contribution >= 4 is 0 Å². The molecule has 1 aromatic heterocycles. The molecular weight excluding hydrogens is 262 g/mol. The van der Waals surface area contributed by atoms with Crippen molar-refractivity contribution < 1.29 is 4.74 Å². The summed E-state index contributed by atoms with van der Waals surface area (Å²) in [5, 5.41) is 0. The van der Waals surface area contributed by atoms with Crippen molar-refractivity contribution in [1.82, 2.24) is 14.8 Å². The summed E-state index contributed by atoms with van der Waals surface area (Å²) in [6.07, 6.45) is 5.79. The van der Waals surface area contributed by atoms with E-state index in [0.29, 0.717) is 6.04 Å². The Bertz CT molecular complexity index is 425. The second-order valence-electron chi connectivity index (χ2n) is 6.45. The fourth-order valence-corrected chi connectivity index (χ4v) is 3.78. The molecule has 116 valence electrons. The van der Waals surface area contributed by atoms with Crippen LogP contribution in [0.4, 0.5) is 0 Å². The third kappa shape index (κ3) is 4.02. The van der Waals surface area contributed by atoms with Gasteiger partial charge >= 0.3 is 0 Å². The zero-order chi connectivity index (χ0) is 14.5. The van der Waals surface area contributed by atoms with Crippen LogP contribution in [0.25, 0.3) is 0 Å². The van der Waals surface area contributed by atoms with E-state index in [0.717, 1.165) is 25.5 Å². The molecule has 0 aromatic carbocycles. The number of rotatable bonds is 6. The lowest BCUT2D eigenvalue weighted by Gasteiger charge is -2.35. The fraction of sp³-hybridized carbons (Fsp3) is 0.706. The highest BCUT2D eigenvalue weighted by atomic mass is 16.5. The molecule has 21 heavy (non-hydrogen) atoms. The van der Waals surface area contributed by atoms with Gasteiger partial charge in [0.15, 0.2) is 0 Å². The van der Waals surface area contributed by atoms with Crippen LogP contribution >= 0.6 is 0 Å². The summed E-state index contributed by atoms with van der Waals surface area (Å²) in [7, 11) is 1.79. The van der Waals surface area contributed by atoms with Gasteiger partial charge in [-0.05, 0) is 37.3 Å². The predicted molar refractivity (Wildman–Crippen MR) is 84.1 cm³/mol. The number of aromatic nitrogens is 1. The summed E-state index contributed by atoms with van der Waals surface area (Å²) in [4.78, 5) is 9.81. The molecular formula is C17H27N3O. The standard InChI is InChI=1S/C17H27N3O/c1-21-10-4-9-19-11-15-6-7-17(14-19)20(12-15)13-16-5-2-3-8-18-16/h2-3,5,8,15,17H,4,6-7,9-14H2,1H3/t15-,17+/m0/s1. The van der Waals surface area contributed by atoms with Gasteiger partial charge in [0.1, 0.15) is 0 Å². The largest absolute Gasteiger partial charge is 0.385 e. The SMILES string of the molecule is COCCCN1C[C@@H]2CC[C@H](C1)N(Cc1ccccn1)C2. The molecule has 2 atom stereocenters. The summed E-state index contributed by atoms with van der Waals surface area (Å²) >= 11 is 0. The zero-order valence-electron chi connectivity index (χ0n) is 13.1. The van der Waals surface area contributed by atoms with E-state index in [-0.39, 0.29) is 0 Å². The van der Waals surface area contributed by atoms with Crippen LogP contribution in [0.15, 0.2) is 24.4 Å². The van der Waals surface area contributed by atoms with E-state index < -0.39 is 0 Å². The minimum Gasteiger partial charge on any atom is -0.385 e. The maximum Gasteiger partial charge on any atom is 0.0544 e. The quantitative estimate of drug-likeness (QED) is 0.749. The third-order valence-electron chi connectivity index (χ3n) is 4.82. The van der Waals surface area contributed by atoms with E-state index in [1.807, 2.05) is 12.3 Å². The topological polar surface area (TPSA) is 28.6 Å². The van der Waals surface area contributed by atoms with Gasteiger partial charge < -0.3 is 9.64 Å². The monoisotopic (exact) mass is 289 g/mol. The normalized spacial score (nSPS) is 26.9. The molecule has 4 heteroatoms. The summed E-state index contributed by atoms with van der Waals surface area (Å²) in [5.74, 6) is 0.829. The van der Waals surface area contributed by atoms with Crippen LogP contribution in [0, 0.1) is 5.92 Å². The van der Waals surface area contributed by atoms with Crippen LogP contribution in [0.5, 0.6) is 0 Å². The molecule has 1 aromatic rings. The van der Waals surface area contributed by atoms with Gasteiger partial charge in [-0.2, -0.15) is 0 Å². The lowest BCUT2D eigenvalue weighted by Crippen LogP contribution is -2.43. The summed E-state index contributed by atoms with van der Waals surface area (Å²) < 4.78 is 5.19. The van der Waals surface area contributed by atoms with Crippen LogP contribution in [-0.4, -0.2) is 60.7 Å². The molecule has 0 amide bonds. The zero-order valence-corrected chi connectivity index (χ0v) is 13.1. The predicted octanol–water partition coefficient (Wildman–Crippen LogP) is 2.01. The van der Waals surface area contributed by atoms with Gasteiger partial charge in [-0.15, -0.1) is 0 Å². The third-order valence-corrected chi connectivity index (χ3v) is 4.82. The molecule has 0 saturated carbocycles. The lowest BCUT2D eigenvalue weighted by molar-refractivity contribution is 0.121. The Morgan fingerprint density at radius 2 is 2.19 bits per heavy atom. The molecule has 0 spiro atoms. The number of pyridine rings is 1. The number of methoxy groups -OCH3 is 1. The van der Waals surface area contributed by atoms with E-state index in [9.17, 15) is 0 Å². The Kier molecular flexibility index (Phi) is 5.22. The van der Waals surface area contributed by atoms with Crippen molar-refractivity contribution in [2.24, 2.45) is 5.92 Å². The summed E-state index contributed by atoms with van der Waals surface area (Å²) in [6, 6.07) is 6.94. The van der Waals surface area contributed by atoms with E-state index in [1.54, 1.807) is 7.11 Å². The first-order valence-corrected chi connectivity index (χ1v) is 8.20. The van der Waals surface area contributed by atoms with Crippen LogP contribution < -0.4 is 0 Å². The Morgan fingerprint density at radius 1 is 1.24 bits per heavy atom. The van der Waals surface area contributed by atoms with Gasteiger partial charge in [-0.25, -0.2) is 0 Å². The summed E-state index contributed by atoms with van der Waals surface area (Å²) in [5.41, 5.74) is 1.20. The van der Waals surface area contributed by atoms with Crippen molar-refractivity contribution in [3.05, 3.63) is 30.1 Å². The van der Waals surface area contributed by atoms with Crippen molar-refractivity contribution in [3.8, 4) is 0 Å². The van der Waals surface area contributed by atoms with Gasteiger partial charge in [0, 0.05) is 58.7 Å². The second kappa shape index (κ2) is 7.34. The van der Waals surface area contributed by atoms with Crippen LogP contribution in [0.3, 0.4) is 0 Å². The van der Waals surface area contributed by atoms with E-state index in [4.69, 9.17) is 4.74 Å². The van der Waals surface area contributed by atoms with Gasteiger partial charge in [0.05, 0.1) is 5.69 Å². The van der Waals surface area contributed by atoms with Crippen molar-refractivity contribution in [1.29, 1.82) is 0 Å². The smallest absolute Gasteiger partial charge is 0.0544 e. The Hall–Kier alpha value is -0.970. The van der Waals surface area contributed by atoms with Gasteiger partial charge in [0.2, 0.25) is 0 Å². The molecule has 3 aliphatic rings. The van der Waals surface area contributed by atoms with Gasteiger partial charge in [0.25, 0.3) is 0 Å². The number of hydrogen-bond acceptors (Lipinski definition) is 4. The van der Waals surface area contributed by atoms with Crippen molar-refractivity contribution in [2.45, 2.75) is 31.8 Å². The Balaban J connectivity index is 1.58. The van der Waals surface area contributed by atoms with Crippen LogP contribution in [0.2, 0.25) is 0 Å². The van der Waals surface area contributed by atoms with E-state index >= 15 is 0 Å². The number of ether oxygens (including phenoxy) is 1. The first-order chi connectivity index (χ1) is 10.3. The minimum absolute atomic E-state index is 0.702. The highest BCUT2D eigenvalue weighted by Crippen LogP contribution is 2.28. The van der Waals surface area contributed by atoms with E-state index in [2.05, 4.69) is 26.9 Å². The molecule has 3 saturated heterocycles. The van der Waals surface area contributed by atoms with Crippen LogP contribution in [-0.2, 0) is 11.3 Å². The maximum atomic E-state index is 5.19. The Morgan fingerprint density at radius 3 is 3.00 bits per heavy atom. The lowest BCUT2D eigenvalue weighted by atomic mass is 9.95. The molecule has 0 radical (unpaired) electrons. The number of nitrogens with zero attached hydrogens (tertiary/aromatic N) is 3. The molecule has 3 fully saturated rings. The van der Waals surface area contributed by atoms with Crippen LogP contribution in [0.1, 0.15) is 25.0 Å². The molecule has 3 aliphatic heterocycles. The fourth-order valence-electron chi connectivity index (χ4n) is 3.78. The highest BCUT2D eigenvalue weighted by Gasteiger charge is 2.34. The van der Waals surface area contributed by atoms with E-state index in [1.165, 1.54) is 44.7 Å². The molecule has 0 N–H and O–H groups in total. The molecule has 4 nitrogen and oxygen atoms in total. The van der Waals surface area contributed by atoms with Crippen molar-refractivity contribution in [3.63, 3.8) is 0 Å². The minimum atomic E-state index is 0.702. The molecule has 4 heterocycles. The number of fused-ring (bicyclic) bond motifs is 4. The summed E-state index contributed by atoms with van der Waals surface area (Å²) in [6.45, 7) is 6.78. The first-order valence-electron chi connectivity index (χ1n) is 8.20. The highest BCUT2D eigenvalue weighted by molar-refractivity contribution is 5.04. The average Bonchev–Trinajstić information content (AvgIpc) is 2.79. The Labute approximate surface area is 128 Å². The number of hydrogen-bond donors (Lipinski definition) is 0. The molecule has 4 rings (SSSR count). The van der Waals surface area contributed by atoms with Gasteiger partial charge in [-0.1, -0.05) is 6.07 Å². The number of piperidine rings is 1. The van der Waals surface area contributed by atoms with Gasteiger partial charge in [-0.3, -0.25) is 9.88 Å². The molecule has 0 aliphatic carbocycles. The second-order valence-corrected chi connectivity index (χ2v) is 6.45. The van der Waals surface area contributed by atoms with Crippen molar-refractivity contribution in [2.75, 3.05) is 39.9 Å². The molecule has 2 bridgehead atoms. The molecule has 0 unspecified atom stereocenters. The average molecular weight is 289 g/mol. The maximum absolute atomic E-state index is 5.19. The first kappa shape index (κ1) is 14.9.